The van der Waals surface area contributed by atoms with E-state index in [1.807, 2.05) is 0 Å². The summed E-state index contributed by atoms with van der Waals surface area (Å²) in [5.74, 6) is 1.73. The molecule has 1 saturated heterocycles. The van der Waals surface area contributed by atoms with Gasteiger partial charge in [0.25, 0.3) is 0 Å². The number of hydrogen-bond acceptors (Lipinski definition) is 2. The molecule has 0 unspecified atom stereocenters. The molecular weight excluding hydrogens is 144 g/mol. The minimum atomic E-state index is -0.553. The Labute approximate surface area is 64.7 Å². The summed E-state index contributed by atoms with van der Waals surface area (Å²) >= 11 is 0. The van der Waals surface area contributed by atoms with E-state index in [1.165, 1.54) is 4.90 Å². The van der Waals surface area contributed by atoms with E-state index in [0.717, 1.165) is 12.8 Å². The van der Waals surface area contributed by atoms with Gasteiger partial charge in [0.15, 0.2) is 0 Å². The van der Waals surface area contributed by atoms with Crippen molar-refractivity contribution in [2.24, 2.45) is 5.73 Å². The quantitative estimate of drug-likeness (QED) is 0.509. The Balaban J connectivity index is 2.75. The van der Waals surface area contributed by atoms with Gasteiger partial charge in [-0.25, -0.2) is 9.59 Å². The summed E-state index contributed by atoms with van der Waals surface area (Å²) in [7, 11) is 0. The summed E-state index contributed by atoms with van der Waals surface area (Å²) in [6.07, 6.45) is 2.47. The summed E-state index contributed by atoms with van der Waals surface area (Å²) < 4.78 is 0. The first-order valence-corrected chi connectivity index (χ1v) is 3.56. The lowest BCUT2D eigenvalue weighted by molar-refractivity contribution is 0.213. The van der Waals surface area contributed by atoms with Gasteiger partial charge in [-0.05, 0) is 19.3 Å². The molecule has 11 heavy (non-hydrogen) atoms. The van der Waals surface area contributed by atoms with Crippen molar-refractivity contribution in [3.8, 4) is 0 Å². The molecule has 60 valence electrons. The first-order chi connectivity index (χ1) is 5.25. The van der Waals surface area contributed by atoms with E-state index in [0.29, 0.717) is 18.7 Å². The van der Waals surface area contributed by atoms with Crippen LogP contribution in [0.1, 0.15) is 19.3 Å². The first kappa shape index (κ1) is 7.82. The highest BCUT2D eigenvalue weighted by Crippen LogP contribution is 2.16. The van der Waals surface area contributed by atoms with E-state index in [-0.39, 0.29) is 0 Å². The second-order valence-electron chi connectivity index (χ2n) is 2.50. The Hall–Kier alpha value is -1.28. The van der Waals surface area contributed by atoms with Crippen molar-refractivity contribution in [2.45, 2.75) is 19.3 Å². The number of allylic oxidation sites excluding steroid dienone is 1. The summed E-state index contributed by atoms with van der Waals surface area (Å²) in [5.41, 5.74) is 5.41. The van der Waals surface area contributed by atoms with Crippen LogP contribution in [0.3, 0.4) is 0 Å². The molecule has 4 heteroatoms. The highest BCUT2D eigenvalue weighted by molar-refractivity contribution is 5.77. The standard InChI is InChI=1S/C7H10N2O2/c8-7(11)9-4-2-1-3-6(9)5-10/h1-4H2,(H2,8,11). The monoisotopic (exact) mass is 154 g/mol. The number of primary amides is 1. The van der Waals surface area contributed by atoms with Crippen molar-refractivity contribution >= 4 is 12.0 Å². The zero-order valence-electron chi connectivity index (χ0n) is 6.17. The number of hydrogen-bond donors (Lipinski definition) is 1. The Morgan fingerprint density at radius 2 is 2.27 bits per heavy atom. The fraction of sp³-hybridized carbons (Fsp3) is 0.571. The number of nitrogens with two attached hydrogens (primary N) is 1. The molecule has 2 amide bonds. The molecule has 0 bridgehead atoms. The third kappa shape index (κ3) is 1.59. The summed E-state index contributed by atoms with van der Waals surface area (Å²) in [4.78, 5) is 22.2. The van der Waals surface area contributed by atoms with Crippen LogP contribution in [0.15, 0.2) is 5.70 Å². The molecule has 0 aromatic heterocycles. The zero-order valence-corrected chi connectivity index (χ0v) is 6.17. The predicted octanol–water partition coefficient (Wildman–Crippen LogP) is 0.266. The van der Waals surface area contributed by atoms with Gasteiger partial charge in [0.1, 0.15) is 11.6 Å². The van der Waals surface area contributed by atoms with E-state index in [4.69, 9.17) is 5.73 Å². The predicted molar refractivity (Wildman–Crippen MR) is 39.3 cm³/mol. The van der Waals surface area contributed by atoms with Gasteiger partial charge in [0.2, 0.25) is 0 Å². The first-order valence-electron chi connectivity index (χ1n) is 3.56. The van der Waals surface area contributed by atoms with E-state index in [9.17, 15) is 9.59 Å². The zero-order chi connectivity index (χ0) is 8.27. The number of carbonyl (C=O) groups is 1. The maximum Gasteiger partial charge on any atom is 0.319 e. The number of amides is 2. The fourth-order valence-electron chi connectivity index (χ4n) is 1.18. The molecule has 1 heterocycles. The van der Waals surface area contributed by atoms with Crippen LogP contribution in [0.4, 0.5) is 4.79 Å². The van der Waals surface area contributed by atoms with Gasteiger partial charge >= 0.3 is 6.03 Å². The molecule has 1 rings (SSSR count). The van der Waals surface area contributed by atoms with Crippen molar-refractivity contribution < 1.29 is 9.59 Å². The van der Waals surface area contributed by atoms with Crippen LogP contribution in [0, 0.1) is 0 Å². The molecule has 0 aromatic rings. The third-order valence-electron chi connectivity index (χ3n) is 1.75. The molecule has 1 aliphatic rings. The van der Waals surface area contributed by atoms with Crippen molar-refractivity contribution in [1.29, 1.82) is 0 Å². The molecule has 0 saturated carbocycles. The molecule has 1 fully saturated rings. The Morgan fingerprint density at radius 1 is 1.55 bits per heavy atom. The summed E-state index contributed by atoms with van der Waals surface area (Å²) in [6.45, 7) is 0.555. The van der Waals surface area contributed by atoms with Crippen molar-refractivity contribution in [2.75, 3.05) is 6.54 Å². The summed E-state index contributed by atoms with van der Waals surface area (Å²) in [6, 6.07) is -0.553. The molecule has 2 N–H and O–H groups in total. The number of nitrogens with zero attached hydrogens (tertiary/aromatic N) is 1. The average Bonchev–Trinajstić information content (AvgIpc) is 2.04. The number of rotatable bonds is 0. The third-order valence-corrected chi connectivity index (χ3v) is 1.75. The Kier molecular flexibility index (Phi) is 2.28. The minimum Gasteiger partial charge on any atom is -0.351 e. The normalized spacial score (nSPS) is 17.8. The fourth-order valence-corrected chi connectivity index (χ4v) is 1.18. The van der Waals surface area contributed by atoms with Gasteiger partial charge in [-0.3, -0.25) is 4.90 Å². The maximum absolute atomic E-state index is 10.7. The van der Waals surface area contributed by atoms with Gasteiger partial charge < -0.3 is 5.73 Å². The van der Waals surface area contributed by atoms with Gasteiger partial charge in [0.05, 0.1) is 0 Å². The lowest BCUT2D eigenvalue weighted by Crippen LogP contribution is -2.38. The molecular formula is C7H10N2O2. The van der Waals surface area contributed by atoms with E-state index >= 15 is 0 Å². The van der Waals surface area contributed by atoms with E-state index in [1.54, 1.807) is 5.94 Å². The van der Waals surface area contributed by atoms with Gasteiger partial charge in [-0.1, -0.05) is 0 Å². The lowest BCUT2D eigenvalue weighted by Gasteiger charge is -2.24. The molecule has 0 spiro atoms. The SMILES string of the molecule is NC(=O)N1CCCCC1=C=O. The van der Waals surface area contributed by atoms with Gasteiger partial charge in [-0.2, -0.15) is 0 Å². The Bertz CT molecular complexity index is 218. The minimum absolute atomic E-state index is 0.392. The van der Waals surface area contributed by atoms with Crippen LogP contribution < -0.4 is 5.73 Å². The van der Waals surface area contributed by atoms with E-state index in [2.05, 4.69) is 0 Å². The molecule has 1 aliphatic heterocycles. The topological polar surface area (TPSA) is 63.4 Å². The van der Waals surface area contributed by atoms with Crippen LogP contribution in [0.25, 0.3) is 0 Å². The van der Waals surface area contributed by atoms with E-state index < -0.39 is 6.03 Å². The molecule has 0 atom stereocenters. The Morgan fingerprint density at radius 3 is 2.73 bits per heavy atom. The molecule has 4 nitrogen and oxygen atoms in total. The van der Waals surface area contributed by atoms with Crippen LogP contribution in [-0.4, -0.2) is 23.4 Å². The van der Waals surface area contributed by atoms with Gasteiger partial charge in [0, 0.05) is 6.54 Å². The number of carbonyl (C=O) groups excluding carboxylic acids is 2. The highest BCUT2D eigenvalue weighted by Gasteiger charge is 2.19. The second kappa shape index (κ2) is 3.21. The number of piperidine rings is 1. The lowest BCUT2D eigenvalue weighted by atomic mass is 10.1. The second-order valence-corrected chi connectivity index (χ2v) is 2.50. The molecule has 0 radical (unpaired) electrons. The van der Waals surface area contributed by atoms with Crippen molar-refractivity contribution in [3.63, 3.8) is 0 Å². The molecule has 0 aromatic carbocycles. The van der Waals surface area contributed by atoms with Crippen LogP contribution in [0.5, 0.6) is 0 Å². The smallest absolute Gasteiger partial charge is 0.319 e. The average molecular weight is 154 g/mol. The van der Waals surface area contributed by atoms with Gasteiger partial charge in [-0.15, -0.1) is 0 Å². The maximum atomic E-state index is 10.7. The number of likely N-dealkylation sites (tertiary alicyclic amines) is 1. The molecule has 0 aliphatic carbocycles. The largest absolute Gasteiger partial charge is 0.351 e. The van der Waals surface area contributed by atoms with Crippen molar-refractivity contribution in [3.05, 3.63) is 5.70 Å². The highest BCUT2D eigenvalue weighted by atomic mass is 16.2. The van der Waals surface area contributed by atoms with Crippen LogP contribution in [-0.2, 0) is 4.79 Å². The van der Waals surface area contributed by atoms with Crippen LogP contribution in [0.2, 0.25) is 0 Å². The van der Waals surface area contributed by atoms with Crippen molar-refractivity contribution in [1.82, 2.24) is 4.90 Å². The van der Waals surface area contributed by atoms with Crippen LogP contribution >= 0.6 is 0 Å². The summed E-state index contributed by atoms with van der Waals surface area (Å²) in [5, 5.41) is 0. The number of urea groups is 1.